The smallest absolute Gasteiger partial charge is 0.450 e. The van der Waals surface area contributed by atoms with Crippen LogP contribution in [0.5, 0.6) is 0 Å². The van der Waals surface area contributed by atoms with Gasteiger partial charge in [-0.25, -0.2) is 4.79 Å². The van der Waals surface area contributed by atoms with Crippen LogP contribution in [0.2, 0.25) is 0 Å². The van der Waals surface area contributed by atoms with Crippen molar-refractivity contribution >= 4 is 6.16 Å². The molecule has 0 atom stereocenters. The summed E-state index contributed by atoms with van der Waals surface area (Å²) in [7, 11) is 0. The highest BCUT2D eigenvalue weighted by molar-refractivity contribution is 5.53. The van der Waals surface area contributed by atoms with Gasteiger partial charge in [-0.1, -0.05) is 49.6 Å². The maximum atomic E-state index is 8.56. The Balaban J connectivity index is 0.000000280. The minimum Gasteiger partial charge on any atom is -0.450 e. The van der Waals surface area contributed by atoms with Crippen LogP contribution in [0.25, 0.3) is 0 Å². The summed E-state index contributed by atoms with van der Waals surface area (Å²) in [5.74, 6) is 0.861. The molecule has 88 valence electrons. The van der Waals surface area contributed by atoms with Crippen molar-refractivity contribution < 1.29 is 15.0 Å². The van der Waals surface area contributed by atoms with Crippen LogP contribution in [0.1, 0.15) is 43.6 Å². The van der Waals surface area contributed by atoms with Gasteiger partial charge in [0.05, 0.1) is 0 Å². The molecule has 0 bridgehead atoms. The van der Waals surface area contributed by atoms with Gasteiger partial charge in [-0.2, -0.15) is 0 Å². The van der Waals surface area contributed by atoms with Gasteiger partial charge in [0.15, 0.2) is 0 Å². The first-order valence-electron chi connectivity index (χ1n) is 5.67. The number of rotatable bonds is 1. The van der Waals surface area contributed by atoms with E-state index >= 15 is 0 Å². The number of carbonyl (C=O) groups is 1. The lowest BCUT2D eigenvalue weighted by atomic mass is 9.84. The van der Waals surface area contributed by atoms with E-state index in [1.165, 1.54) is 32.1 Å². The molecular formula is C13H18O3. The third kappa shape index (κ3) is 4.82. The molecule has 3 nitrogen and oxygen atoms in total. The second-order valence-corrected chi connectivity index (χ2v) is 4.03. The average Bonchev–Trinajstić information content (AvgIpc) is 2.31. The van der Waals surface area contributed by atoms with Gasteiger partial charge >= 0.3 is 6.16 Å². The van der Waals surface area contributed by atoms with Crippen LogP contribution in [0.3, 0.4) is 0 Å². The van der Waals surface area contributed by atoms with E-state index in [1.807, 2.05) is 0 Å². The highest BCUT2D eigenvalue weighted by Crippen LogP contribution is 2.31. The molecule has 1 aliphatic rings. The Kier molecular flexibility index (Phi) is 5.40. The molecule has 2 N–H and O–H groups in total. The van der Waals surface area contributed by atoms with E-state index in [9.17, 15) is 0 Å². The van der Waals surface area contributed by atoms with Crippen molar-refractivity contribution in [3.8, 4) is 0 Å². The molecule has 0 saturated heterocycles. The third-order valence-electron chi connectivity index (χ3n) is 2.88. The van der Waals surface area contributed by atoms with Crippen LogP contribution in [-0.4, -0.2) is 16.4 Å². The summed E-state index contributed by atoms with van der Waals surface area (Å²) >= 11 is 0. The first-order chi connectivity index (χ1) is 7.70. The molecule has 1 fully saturated rings. The molecule has 0 heterocycles. The SMILES string of the molecule is O=C(O)O.c1ccc(C2CCCCC2)cc1. The minimum absolute atomic E-state index is 0.861. The monoisotopic (exact) mass is 222 g/mol. The molecule has 0 radical (unpaired) electrons. The molecule has 1 aromatic carbocycles. The highest BCUT2D eigenvalue weighted by atomic mass is 16.6. The van der Waals surface area contributed by atoms with E-state index in [4.69, 9.17) is 15.0 Å². The van der Waals surface area contributed by atoms with Crippen LogP contribution in [-0.2, 0) is 0 Å². The van der Waals surface area contributed by atoms with Gasteiger partial charge in [0, 0.05) is 0 Å². The largest absolute Gasteiger partial charge is 0.503 e. The molecule has 1 aromatic rings. The van der Waals surface area contributed by atoms with Gasteiger partial charge in [-0.15, -0.1) is 0 Å². The Bertz CT molecular complexity index is 298. The molecular weight excluding hydrogens is 204 g/mol. The molecule has 0 spiro atoms. The molecule has 2 rings (SSSR count). The second-order valence-electron chi connectivity index (χ2n) is 4.03. The van der Waals surface area contributed by atoms with E-state index in [1.54, 1.807) is 5.56 Å². The van der Waals surface area contributed by atoms with Crippen LogP contribution < -0.4 is 0 Å². The fourth-order valence-electron chi connectivity index (χ4n) is 2.16. The first-order valence-corrected chi connectivity index (χ1v) is 5.67. The Hall–Kier alpha value is -1.51. The quantitative estimate of drug-likeness (QED) is 0.756. The van der Waals surface area contributed by atoms with Gasteiger partial charge < -0.3 is 10.2 Å². The Morgan fingerprint density at radius 3 is 2.00 bits per heavy atom. The molecule has 0 amide bonds. The van der Waals surface area contributed by atoms with Crippen molar-refractivity contribution in [1.29, 1.82) is 0 Å². The van der Waals surface area contributed by atoms with Gasteiger partial charge in [-0.05, 0) is 24.3 Å². The summed E-state index contributed by atoms with van der Waals surface area (Å²) in [5, 5.41) is 13.9. The van der Waals surface area contributed by atoms with Gasteiger partial charge in [0.1, 0.15) is 0 Å². The molecule has 1 aliphatic carbocycles. The van der Waals surface area contributed by atoms with Gasteiger partial charge in [0.25, 0.3) is 0 Å². The molecule has 0 unspecified atom stereocenters. The van der Waals surface area contributed by atoms with Crippen LogP contribution in [0, 0.1) is 0 Å². The molecule has 1 saturated carbocycles. The fraction of sp³-hybridized carbons (Fsp3) is 0.462. The van der Waals surface area contributed by atoms with E-state index in [-0.39, 0.29) is 0 Å². The van der Waals surface area contributed by atoms with Crippen molar-refractivity contribution in [2.45, 2.75) is 38.0 Å². The summed E-state index contributed by atoms with van der Waals surface area (Å²) in [5.41, 5.74) is 1.55. The van der Waals surface area contributed by atoms with Crippen molar-refractivity contribution in [1.82, 2.24) is 0 Å². The highest BCUT2D eigenvalue weighted by Gasteiger charge is 2.14. The fourth-order valence-corrected chi connectivity index (χ4v) is 2.16. The van der Waals surface area contributed by atoms with Crippen molar-refractivity contribution in [3.05, 3.63) is 35.9 Å². The summed E-state index contributed by atoms with van der Waals surface area (Å²) < 4.78 is 0. The Labute approximate surface area is 95.7 Å². The van der Waals surface area contributed by atoms with Crippen molar-refractivity contribution in [2.24, 2.45) is 0 Å². The normalized spacial score (nSPS) is 16.0. The standard InChI is InChI=1S/C12H16.CH2O3/c1-3-7-11(8-4-1)12-9-5-2-6-10-12;2-1(3)4/h1,3-4,7-8,12H,2,5-6,9-10H2;(H2,2,3,4). The Morgan fingerprint density at radius 2 is 1.50 bits per heavy atom. The maximum absolute atomic E-state index is 8.56. The van der Waals surface area contributed by atoms with Gasteiger partial charge in [-0.3, -0.25) is 0 Å². The minimum atomic E-state index is -1.83. The van der Waals surface area contributed by atoms with E-state index in [2.05, 4.69) is 30.3 Å². The molecule has 16 heavy (non-hydrogen) atoms. The topological polar surface area (TPSA) is 57.5 Å². The van der Waals surface area contributed by atoms with E-state index in [0.29, 0.717) is 0 Å². The first kappa shape index (κ1) is 12.6. The average molecular weight is 222 g/mol. The van der Waals surface area contributed by atoms with Crippen molar-refractivity contribution in [2.75, 3.05) is 0 Å². The summed E-state index contributed by atoms with van der Waals surface area (Å²) in [6.07, 6.45) is 5.29. The third-order valence-corrected chi connectivity index (χ3v) is 2.88. The lowest BCUT2D eigenvalue weighted by Gasteiger charge is -2.21. The summed E-state index contributed by atoms with van der Waals surface area (Å²) in [4.78, 5) is 8.56. The predicted molar refractivity (Wildman–Crippen MR) is 62.9 cm³/mol. The zero-order valence-electron chi connectivity index (χ0n) is 9.30. The zero-order valence-corrected chi connectivity index (χ0v) is 9.30. The van der Waals surface area contributed by atoms with Crippen molar-refractivity contribution in [3.63, 3.8) is 0 Å². The van der Waals surface area contributed by atoms with Crippen LogP contribution >= 0.6 is 0 Å². The van der Waals surface area contributed by atoms with E-state index in [0.717, 1.165) is 5.92 Å². The number of hydrogen-bond acceptors (Lipinski definition) is 1. The van der Waals surface area contributed by atoms with E-state index < -0.39 is 6.16 Å². The molecule has 0 aliphatic heterocycles. The van der Waals surface area contributed by atoms with Crippen LogP contribution in [0.4, 0.5) is 4.79 Å². The lowest BCUT2D eigenvalue weighted by Crippen LogP contribution is -2.03. The second kappa shape index (κ2) is 6.88. The summed E-state index contributed by atoms with van der Waals surface area (Å²) in [6.45, 7) is 0. The summed E-state index contributed by atoms with van der Waals surface area (Å²) in [6, 6.07) is 11.0. The number of carboxylic acid groups (broad SMARTS) is 2. The van der Waals surface area contributed by atoms with Gasteiger partial charge in [0.2, 0.25) is 0 Å². The predicted octanol–water partition coefficient (Wildman–Crippen LogP) is 3.96. The number of benzene rings is 1. The molecule has 0 aromatic heterocycles. The Morgan fingerprint density at radius 1 is 1.00 bits per heavy atom. The zero-order chi connectivity index (χ0) is 11.8. The maximum Gasteiger partial charge on any atom is 0.503 e. The number of hydrogen-bond donors (Lipinski definition) is 2. The molecule has 3 heteroatoms. The van der Waals surface area contributed by atoms with Crippen LogP contribution in [0.15, 0.2) is 30.3 Å². The lowest BCUT2D eigenvalue weighted by molar-refractivity contribution is 0.137.